The van der Waals surface area contributed by atoms with Gasteiger partial charge < -0.3 is 9.67 Å². The van der Waals surface area contributed by atoms with Crippen LogP contribution < -0.4 is 0 Å². The maximum absolute atomic E-state index is 9.00. The Morgan fingerprint density at radius 1 is 1.54 bits per heavy atom. The van der Waals surface area contributed by atoms with Gasteiger partial charge >= 0.3 is 0 Å². The second-order valence-electron chi connectivity index (χ2n) is 2.77. The van der Waals surface area contributed by atoms with E-state index in [0.29, 0.717) is 0 Å². The van der Waals surface area contributed by atoms with Gasteiger partial charge in [-0.05, 0) is 12.1 Å². The molecular formula is C9H10N2OS. The Morgan fingerprint density at radius 2 is 2.46 bits per heavy atom. The summed E-state index contributed by atoms with van der Waals surface area (Å²) in [6, 6.07) is 3.84. The first-order chi connectivity index (χ1) is 6.40. The number of hydrogen-bond acceptors (Lipinski definition) is 3. The molecule has 68 valence electrons. The van der Waals surface area contributed by atoms with Crippen LogP contribution in [-0.2, 0) is 13.2 Å². The van der Waals surface area contributed by atoms with E-state index in [0.717, 1.165) is 17.9 Å². The van der Waals surface area contributed by atoms with Gasteiger partial charge in [-0.1, -0.05) is 0 Å². The molecule has 0 aliphatic heterocycles. The maximum Gasteiger partial charge on any atom is 0.0832 e. The summed E-state index contributed by atoms with van der Waals surface area (Å²) in [4.78, 5) is 4.18. The van der Waals surface area contributed by atoms with Gasteiger partial charge in [-0.15, -0.1) is 11.3 Å². The molecule has 2 heterocycles. The summed E-state index contributed by atoms with van der Waals surface area (Å²) in [6.07, 6.45) is 1.95. The van der Waals surface area contributed by atoms with Crippen molar-refractivity contribution in [3.8, 4) is 0 Å². The molecule has 0 saturated carbocycles. The van der Waals surface area contributed by atoms with Gasteiger partial charge in [0.1, 0.15) is 0 Å². The minimum Gasteiger partial charge on any atom is -0.390 e. The number of aromatic nitrogens is 2. The lowest BCUT2D eigenvalue weighted by atomic mass is 10.4. The van der Waals surface area contributed by atoms with Crippen LogP contribution >= 0.6 is 11.3 Å². The predicted molar refractivity (Wildman–Crippen MR) is 51.6 cm³/mol. The van der Waals surface area contributed by atoms with Gasteiger partial charge in [-0.25, -0.2) is 4.98 Å². The quantitative estimate of drug-likeness (QED) is 0.803. The van der Waals surface area contributed by atoms with Crippen molar-refractivity contribution in [2.24, 2.45) is 0 Å². The van der Waals surface area contributed by atoms with Crippen LogP contribution in [0.15, 0.2) is 29.2 Å². The van der Waals surface area contributed by atoms with Crippen molar-refractivity contribution in [1.82, 2.24) is 9.55 Å². The molecule has 0 saturated heterocycles. The van der Waals surface area contributed by atoms with E-state index in [-0.39, 0.29) is 6.61 Å². The molecule has 2 aromatic heterocycles. The monoisotopic (exact) mass is 194 g/mol. The van der Waals surface area contributed by atoms with Crippen LogP contribution in [-0.4, -0.2) is 14.7 Å². The molecule has 0 spiro atoms. The van der Waals surface area contributed by atoms with E-state index >= 15 is 0 Å². The molecule has 0 atom stereocenters. The minimum absolute atomic E-state index is 0.0805. The van der Waals surface area contributed by atoms with E-state index in [9.17, 15) is 0 Å². The molecular weight excluding hydrogens is 184 g/mol. The van der Waals surface area contributed by atoms with Gasteiger partial charge in [0, 0.05) is 17.3 Å². The first kappa shape index (κ1) is 8.47. The summed E-state index contributed by atoms with van der Waals surface area (Å²) in [5, 5.41) is 11.0. The van der Waals surface area contributed by atoms with Gasteiger partial charge in [-0.3, -0.25) is 0 Å². The highest BCUT2D eigenvalue weighted by Gasteiger charge is 2.00. The zero-order chi connectivity index (χ0) is 9.10. The Morgan fingerprint density at radius 3 is 3.15 bits per heavy atom. The Balaban J connectivity index is 2.18. The van der Waals surface area contributed by atoms with Crippen LogP contribution in [0.5, 0.6) is 0 Å². The van der Waals surface area contributed by atoms with E-state index in [4.69, 9.17) is 5.11 Å². The highest BCUT2D eigenvalue weighted by molar-refractivity contribution is 7.07. The van der Waals surface area contributed by atoms with Gasteiger partial charge in [0.2, 0.25) is 0 Å². The fourth-order valence-corrected chi connectivity index (χ4v) is 1.79. The molecule has 1 N–H and O–H groups in total. The number of nitrogens with zero attached hydrogens (tertiary/aromatic N) is 2. The Kier molecular flexibility index (Phi) is 2.42. The van der Waals surface area contributed by atoms with Crippen molar-refractivity contribution in [3.63, 3.8) is 0 Å². The normalized spacial score (nSPS) is 10.5. The van der Waals surface area contributed by atoms with Crippen LogP contribution in [0.25, 0.3) is 0 Å². The third-order valence-corrected chi connectivity index (χ3v) is 2.54. The first-order valence-electron chi connectivity index (χ1n) is 4.02. The average Bonchev–Trinajstić information content (AvgIpc) is 2.76. The van der Waals surface area contributed by atoms with Crippen LogP contribution in [0.1, 0.15) is 11.4 Å². The number of thiazole rings is 1. The van der Waals surface area contributed by atoms with Gasteiger partial charge in [0.15, 0.2) is 0 Å². The van der Waals surface area contributed by atoms with E-state index in [2.05, 4.69) is 4.98 Å². The molecule has 0 unspecified atom stereocenters. The number of rotatable bonds is 3. The lowest BCUT2D eigenvalue weighted by Gasteiger charge is -2.04. The highest BCUT2D eigenvalue weighted by Crippen LogP contribution is 2.07. The smallest absolute Gasteiger partial charge is 0.0832 e. The SMILES string of the molecule is OCc1cccn1Cc1cscn1. The molecule has 2 rings (SSSR count). The Labute approximate surface area is 80.3 Å². The van der Waals surface area contributed by atoms with Gasteiger partial charge in [0.25, 0.3) is 0 Å². The van der Waals surface area contributed by atoms with Crippen molar-refractivity contribution in [2.75, 3.05) is 0 Å². The van der Waals surface area contributed by atoms with Crippen molar-refractivity contribution in [2.45, 2.75) is 13.2 Å². The molecule has 13 heavy (non-hydrogen) atoms. The van der Waals surface area contributed by atoms with Crippen LogP contribution in [0.3, 0.4) is 0 Å². The fourth-order valence-electron chi connectivity index (χ4n) is 1.24. The predicted octanol–water partition coefficient (Wildman–Crippen LogP) is 1.49. The standard InChI is InChI=1S/C9H10N2OS/c12-5-9-2-1-3-11(9)4-8-6-13-7-10-8/h1-3,6-7,12H,4-5H2. The maximum atomic E-state index is 9.00. The molecule has 0 bridgehead atoms. The van der Waals surface area contributed by atoms with Crippen molar-refractivity contribution < 1.29 is 5.11 Å². The second-order valence-corrected chi connectivity index (χ2v) is 3.48. The number of aliphatic hydroxyl groups is 1. The summed E-state index contributed by atoms with van der Waals surface area (Å²) in [6.45, 7) is 0.823. The van der Waals surface area contributed by atoms with E-state index < -0.39 is 0 Å². The Bertz CT molecular complexity index is 367. The third-order valence-electron chi connectivity index (χ3n) is 1.90. The molecule has 3 nitrogen and oxygen atoms in total. The molecule has 4 heteroatoms. The summed E-state index contributed by atoms with van der Waals surface area (Å²) in [7, 11) is 0. The summed E-state index contributed by atoms with van der Waals surface area (Å²) in [5.41, 5.74) is 3.78. The molecule has 2 aromatic rings. The van der Waals surface area contributed by atoms with Gasteiger partial charge in [0.05, 0.1) is 24.4 Å². The van der Waals surface area contributed by atoms with Gasteiger partial charge in [-0.2, -0.15) is 0 Å². The third kappa shape index (κ3) is 1.79. The fraction of sp³-hybridized carbons (Fsp3) is 0.222. The summed E-state index contributed by atoms with van der Waals surface area (Å²) < 4.78 is 2.00. The molecule has 0 aliphatic carbocycles. The van der Waals surface area contributed by atoms with Crippen LogP contribution in [0.4, 0.5) is 0 Å². The molecule has 0 aliphatic rings. The molecule has 0 fully saturated rings. The van der Waals surface area contributed by atoms with Crippen molar-refractivity contribution in [3.05, 3.63) is 40.6 Å². The summed E-state index contributed by atoms with van der Waals surface area (Å²) >= 11 is 1.59. The summed E-state index contributed by atoms with van der Waals surface area (Å²) in [5.74, 6) is 0. The lowest BCUT2D eigenvalue weighted by Crippen LogP contribution is -2.02. The Hall–Kier alpha value is -1.13. The molecule has 0 amide bonds. The second kappa shape index (κ2) is 3.72. The van der Waals surface area contributed by atoms with Crippen LogP contribution in [0.2, 0.25) is 0 Å². The first-order valence-corrected chi connectivity index (χ1v) is 4.96. The van der Waals surface area contributed by atoms with Crippen molar-refractivity contribution in [1.29, 1.82) is 0 Å². The molecule has 0 radical (unpaired) electrons. The zero-order valence-corrected chi connectivity index (χ0v) is 7.87. The zero-order valence-electron chi connectivity index (χ0n) is 7.05. The molecule has 0 aromatic carbocycles. The number of hydrogen-bond donors (Lipinski definition) is 1. The van der Waals surface area contributed by atoms with E-state index in [1.807, 2.05) is 33.8 Å². The average molecular weight is 194 g/mol. The number of aliphatic hydroxyl groups excluding tert-OH is 1. The van der Waals surface area contributed by atoms with E-state index in [1.165, 1.54) is 0 Å². The minimum atomic E-state index is 0.0805. The van der Waals surface area contributed by atoms with Crippen LogP contribution in [0, 0.1) is 0 Å². The van der Waals surface area contributed by atoms with E-state index in [1.54, 1.807) is 11.3 Å². The lowest BCUT2D eigenvalue weighted by molar-refractivity contribution is 0.271. The highest BCUT2D eigenvalue weighted by atomic mass is 32.1. The van der Waals surface area contributed by atoms with Crippen molar-refractivity contribution >= 4 is 11.3 Å². The topological polar surface area (TPSA) is 38.0 Å². The largest absolute Gasteiger partial charge is 0.390 e.